The van der Waals surface area contributed by atoms with E-state index in [1.165, 1.54) is 0 Å². The molecule has 1 amide bonds. The molecule has 1 saturated carbocycles. The van der Waals surface area contributed by atoms with E-state index in [0.717, 1.165) is 36.0 Å². The molecule has 0 spiro atoms. The second-order valence-electron chi connectivity index (χ2n) is 5.01. The Morgan fingerprint density at radius 1 is 1.39 bits per heavy atom. The molecule has 1 fully saturated rings. The minimum Gasteiger partial charge on any atom is -0.359 e. The summed E-state index contributed by atoms with van der Waals surface area (Å²) in [6, 6.07) is 7.98. The van der Waals surface area contributed by atoms with E-state index in [0.29, 0.717) is 0 Å². The van der Waals surface area contributed by atoms with Crippen LogP contribution in [0.5, 0.6) is 0 Å². The molecule has 0 radical (unpaired) electrons. The SMILES string of the molecule is CNCC1(C(=O)Nc2c[nH]c3ccccc23)CC1. The predicted molar refractivity (Wildman–Crippen MR) is 72.5 cm³/mol. The van der Waals surface area contributed by atoms with Crippen molar-refractivity contribution in [2.24, 2.45) is 5.41 Å². The summed E-state index contributed by atoms with van der Waals surface area (Å²) in [4.78, 5) is 15.4. The Bertz CT molecular complexity index is 583. The predicted octanol–water partition coefficient (Wildman–Crippen LogP) is 2.11. The zero-order chi connectivity index (χ0) is 12.6. The maximum absolute atomic E-state index is 12.3. The summed E-state index contributed by atoms with van der Waals surface area (Å²) >= 11 is 0. The number of carbonyl (C=O) groups is 1. The molecule has 3 rings (SSSR count). The van der Waals surface area contributed by atoms with Gasteiger partial charge in [-0.1, -0.05) is 18.2 Å². The second-order valence-corrected chi connectivity index (χ2v) is 5.01. The molecule has 2 aromatic rings. The first kappa shape index (κ1) is 11.3. The van der Waals surface area contributed by atoms with Gasteiger partial charge in [0, 0.05) is 23.6 Å². The van der Waals surface area contributed by atoms with E-state index < -0.39 is 0 Å². The Morgan fingerprint density at radius 2 is 2.17 bits per heavy atom. The molecule has 94 valence electrons. The molecule has 4 nitrogen and oxygen atoms in total. The number of amides is 1. The molecule has 0 aliphatic heterocycles. The number of hydrogen-bond acceptors (Lipinski definition) is 2. The maximum Gasteiger partial charge on any atom is 0.231 e. The standard InChI is InChI=1S/C14H17N3O/c1-15-9-14(6-7-14)13(18)17-12-8-16-11-5-3-2-4-10(11)12/h2-5,8,15-16H,6-7,9H2,1H3,(H,17,18). The van der Waals surface area contributed by atoms with Crippen LogP contribution in [0, 0.1) is 5.41 Å². The number of aromatic nitrogens is 1. The third-order valence-electron chi connectivity index (χ3n) is 3.69. The second kappa shape index (κ2) is 4.14. The van der Waals surface area contributed by atoms with Gasteiger partial charge in [0.15, 0.2) is 0 Å². The van der Waals surface area contributed by atoms with Crippen LogP contribution in [0.2, 0.25) is 0 Å². The van der Waals surface area contributed by atoms with Crippen molar-refractivity contribution in [2.45, 2.75) is 12.8 Å². The number of nitrogens with one attached hydrogen (secondary N) is 3. The average molecular weight is 243 g/mol. The van der Waals surface area contributed by atoms with E-state index in [9.17, 15) is 4.79 Å². The monoisotopic (exact) mass is 243 g/mol. The van der Waals surface area contributed by atoms with Crippen molar-refractivity contribution < 1.29 is 4.79 Å². The molecule has 1 aromatic heterocycles. The van der Waals surface area contributed by atoms with Crippen LogP contribution in [0.4, 0.5) is 5.69 Å². The van der Waals surface area contributed by atoms with E-state index in [1.807, 2.05) is 37.5 Å². The van der Waals surface area contributed by atoms with Gasteiger partial charge in [0.05, 0.1) is 11.1 Å². The van der Waals surface area contributed by atoms with Crippen LogP contribution in [0.1, 0.15) is 12.8 Å². The van der Waals surface area contributed by atoms with Gasteiger partial charge in [-0.05, 0) is 26.0 Å². The molecule has 4 heteroatoms. The number of hydrogen-bond donors (Lipinski definition) is 3. The van der Waals surface area contributed by atoms with Gasteiger partial charge in [0.2, 0.25) is 5.91 Å². The van der Waals surface area contributed by atoms with Gasteiger partial charge in [0.25, 0.3) is 0 Å². The van der Waals surface area contributed by atoms with E-state index in [4.69, 9.17) is 0 Å². The van der Waals surface area contributed by atoms with Gasteiger partial charge in [0.1, 0.15) is 0 Å². The highest BCUT2D eigenvalue weighted by Gasteiger charge is 2.49. The molecule has 1 aromatic carbocycles. The number of H-pyrrole nitrogens is 1. The average Bonchev–Trinajstić information content (AvgIpc) is 3.06. The summed E-state index contributed by atoms with van der Waals surface area (Å²) < 4.78 is 0. The normalized spacial score (nSPS) is 16.7. The molecule has 0 saturated heterocycles. The minimum atomic E-state index is -0.187. The van der Waals surface area contributed by atoms with Crippen LogP contribution in [-0.4, -0.2) is 24.5 Å². The van der Waals surface area contributed by atoms with Crippen LogP contribution < -0.4 is 10.6 Å². The highest BCUT2D eigenvalue weighted by Crippen LogP contribution is 2.46. The highest BCUT2D eigenvalue weighted by molar-refractivity contribution is 6.04. The molecule has 0 unspecified atom stereocenters. The first-order chi connectivity index (χ1) is 8.75. The number of rotatable bonds is 4. The number of fused-ring (bicyclic) bond motifs is 1. The molecule has 1 aliphatic rings. The lowest BCUT2D eigenvalue weighted by Crippen LogP contribution is -2.32. The molecule has 0 atom stereocenters. The van der Waals surface area contributed by atoms with Crippen LogP contribution >= 0.6 is 0 Å². The number of para-hydroxylation sites is 1. The van der Waals surface area contributed by atoms with Crippen LogP contribution in [0.25, 0.3) is 10.9 Å². The molecular weight excluding hydrogens is 226 g/mol. The largest absolute Gasteiger partial charge is 0.359 e. The fourth-order valence-electron chi connectivity index (χ4n) is 2.40. The molecule has 18 heavy (non-hydrogen) atoms. The summed E-state index contributed by atoms with van der Waals surface area (Å²) in [7, 11) is 1.89. The zero-order valence-electron chi connectivity index (χ0n) is 10.4. The summed E-state index contributed by atoms with van der Waals surface area (Å²) in [5.74, 6) is 0.126. The molecular formula is C14H17N3O. The van der Waals surface area contributed by atoms with Gasteiger partial charge in [-0.15, -0.1) is 0 Å². The molecule has 3 N–H and O–H groups in total. The van der Waals surface area contributed by atoms with Gasteiger partial charge in [-0.2, -0.15) is 0 Å². The Hall–Kier alpha value is -1.81. The van der Waals surface area contributed by atoms with Crippen LogP contribution in [0.3, 0.4) is 0 Å². The fourth-order valence-corrected chi connectivity index (χ4v) is 2.40. The fraction of sp³-hybridized carbons (Fsp3) is 0.357. The number of benzene rings is 1. The van der Waals surface area contributed by atoms with Crippen molar-refractivity contribution in [3.63, 3.8) is 0 Å². The number of anilines is 1. The van der Waals surface area contributed by atoms with Crippen molar-refractivity contribution in [2.75, 3.05) is 18.9 Å². The van der Waals surface area contributed by atoms with Crippen LogP contribution in [-0.2, 0) is 4.79 Å². The summed E-state index contributed by atoms with van der Waals surface area (Å²) in [6.07, 6.45) is 3.81. The Balaban J connectivity index is 1.82. The number of carbonyl (C=O) groups excluding carboxylic acids is 1. The first-order valence-corrected chi connectivity index (χ1v) is 6.27. The van der Waals surface area contributed by atoms with E-state index in [2.05, 4.69) is 15.6 Å². The van der Waals surface area contributed by atoms with Crippen molar-refractivity contribution in [3.05, 3.63) is 30.5 Å². The topological polar surface area (TPSA) is 56.9 Å². The lowest BCUT2D eigenvalue weighted by molar-refractivity contribution is -0.120. The lowest BCUT2D eigenvalue weighted by Gasteiger charge is -2.14. The molecule has 1 heterocycles. The van der Waals surface area contributed by atoms with Crippen LogP contribution in [0.15, 0.2) is 30.5 Å². The van der Waals surface area contributed by atoms with E-state index in [1.54, 1.807) is 0 Å². The number of aromatic amines is 1. The zero-order valence-corrected chi connectivity index (χ0v) is 10.4. The summed E-state index contributed by atoms with van der Waals surface area (Å²) in [6.45, 7) is 0.751. The van der Waals surface area contributed by atoms with Crippen molar-refractivity contribution in [3.8, 4) is 0 Å². The van der Waals surface area contributed by atoms with Gasteiger partial charge < -0.3 is 15.6 Å². The molecule has 1 aliphatic carbocycles. The maximum atomic E-state index is 12.3. The van der Waals surface area contributed by atoms with Gasteiger partial charge >= 0.3 is 0 Å². The highest BCUT2D eigenvalue weighted by atomic mass is 16.2. The Labute approximate surface area is 106 Å². The van der Waals surface area contributed by atoms with Crippen molar-refractivity contribution in [1.29, 1.82) is 0 Å². The van der Waals surface area contributed by atoms with Crippen molar-refractivity contribution in [1.82, 2.24) is 10.3 Å². The Kier molecular flexibility index (Phi) is 2.59. The quantitative estimate of drug-likeness (QED) is 0.770. The van der Waals surface area contributed by atoms with E-state index in [-0.39, 0.29) is 11.3 Å². The Morgan fingerprint density at radius 3 is 2.89 bits per heavy atom. The smallest absolute Gasteiger partial charge is 0.231 e. The minimum absolute atomic E-state index is 0.126. The first-order valence-electron chi connectivity index (χ1n) is 6.27. The van der Waals surface area contributed by atoms with E-state index >= 15 is 0 Å². The lowest BCUT2D eigenvalue weighted by atomic mass is 10.1. The third kappa shape index (κ3) is 1.78. The molecule has 0 bridgehead atoms. The van der Waals surface area contributed by atoms with Crippen molar-refractivity contribution >= 4 is 22.5 Å². The summed E-state index contributed by atoms with van der Waals surface area (Å²) in [5, 5.41) is 7.20. The van der Waals surface area contributed by atoms with Gasteiger partial charge in [-0.3, -0.25) is 4.79 Å². The van der Waals surface area contributed by atoms with Gasteiger partial charge in [-0.25, -0.2) is 0 Å². The third-order valence-corrected chi connectivity index (χ3v) is 3.69. The summed E-state index contributed by atoms with van der Waals surface area (Å²) in [5.41, 5.74) is 1.73.